The van der Waals surface area contributed by atoms with Gasteiger partial charge in [-0.05, 0) is 12.1 Å². The highest BCUT2D eigenvalue weighted by molar-refractivity contribution is 8.06. The van der Waals surface area contributed by atoms with Crippen LogP contribution in [0, 0.1) is 10.1 Å². The zero-order chi connectivity index (χ0) is 15.5. The number of nitro benzene ring substituents is 1. The van der Waals surface area contributed by atoms with Gasteiger partial charge in [0.15, 0.2) is 0 Å². The molecular weight excluding hydrogens is 325 g/mol. The molecule has 9 heteroatoms. The summed E-state index contributed by atoms with van der Waals surface area (Å²) in [6.07, 6.45) is -4.58. The summed E-state index contributed by atoms with van der Waals surface area (Å²) in [7, 11) is 0. The Hall–Kier alpha value is -1.09. The second-order valence-corrected chi connectivity index (χ2v) is 6.99. The molecule has 1 saturated heterocycles. The monoisotopic (exact) mass is 338 g/mol. The Morgan fingerprint density at radius 2 is 2.14 bits per heavy atom. The van der Waals surface area contributed by atoms with Crippen LogP contribution in [0.1, 0.15) is 5.56 Å². The third kappa shape index (κ3) is 4.44. The van der Waals surface area contributed by atoms with Gasteiger partial charge in [-0.3, -0.25) is 10.1 Å². The zero-order valence-electron chi connectivity index (χ0n) is 10.9. The molecule has 2 rings (SSSR count). The average molecular weight is 338 g/mol. The van der Waals surface area contributed by atoms with Gasteiger partial charge in [-0.15, -0.1) is 0 Å². The number of anilines is 1. The van der Waals surface area contributed by atoms with Gasteiger partial charge >= 0.3 is 6.18 Å². The molecule has 0 radical (unpaired) electrons. The SMILES string of the molecule is O=[N+]([O-])c1cc(C(F)(F)F)ccc1NCC1CSCCS1. The largest absolute Gasteiger partial charge is 0.416 e. The first-order valence-electron chi connectivity index (χ1n) is 6.17. The van der Waals surface area contributed by atoms with Crippen molar-refractivity contribution in [3.05, 3.63) is 33.9 Å². The second kappa shape index (κ2) is 6.78. The van der Waals surface area contributed by atoms with Gasteiger partial charge in [0.25, 0.3) is 5.69 Å². The fourth-order valence-corrected chi connectivity index (χ4v) is 4.50. The Morgan fingerprint density at radius 1 is 1.38 bits per heavy atom. The lowest BCUT2D eigenvalue weighted by atomic mass is 10.1. The van der Waals surface area contributed by atoms with Gasteiger partial charge in [0, 0.05) is 35.1 Å². The first-order valence-corrected chi connectivity index (χ1v) is 8.37. The summed E-state index contributed by atoms with van der Waals surface area (Å²) in [5, 5.41) is 14.2. The van der Waals surface area contributed by atoms with Gasteiger partial charge in [0.05, 0.1) is 10.5 Å². The van der Waals surface area contributed by atoms with E-state index in [0.717, 1.165) is 29.4 Å². The average Bonchev–Trinajstić information content (AvgIpc) is 2.45. The third-order valence-electron chi connectivity index (χ3n) is 2.93. The number of halogens is 3. The number of alkyl halides is 3. The van der Waals surface area contributed by atoms with Crippen LogP contribution in [0.3, 0.4) is 0 Å². The van der Waals surface area contributed by atoms with E-state index < -0.39 is 22.4 Å². The third-order valence-corrected chi connectivity index (χ3v) is 5.77. The molecule has 116 valence electrons. The van der Waals surface area contributed by atoms with Gasteiger partial charge in [-0.25, -0.2) is 0 Å². The summed E-state index contributed by atoms with van der Waals surface area (Å²) in [4.78, 5) is 10.1. The van der Waals surface area contributed by atoms with E-state index in [9.17, 15) is 23.3 Å². The molecule has 0 aliphatic carbocycles. The number of hydrogen-bond donors (Lipinski definition) is 1. The molecule has 0 aromatic heterocycles. The molecule has 0 amide bonds. The Bertz CT molecular complexity index is 520. The lowest BCUT2D eigenvalue weighted by molar-refractivity contribution is -0.384. The molecule has 1 aromatic carbocycles. The lowest BCUT2D eigenvalue weighted by Crippen LogP contribution is -2.23. The first kappa shape index (κ1) is 16.3. The number of benzene rings is 1. The maximum absolute atomic E-state index is 12.6. The minimum Gasteiger partial charge on any atom is -0.378 e. The van der Waals surface area contributed by atoms with Crippen LogP contribution >= 0.6 is 23.5 Å². The van der Waals surface area contributed by atoms with E-state index in [1.54, 1.807) is 11.8 Å². The van der Waals surface area contributed by atoms with E-state index in [-0.39, 0.29) is 5.69 Å². The van der Waals surface area contributed by atoms with E-state index in [4.69, 9.17) is 0 Å². The minimum absolute atomic E-state index is 0.129. The van der Waals surface area contributed by atoms with Gasteiger partial charge in [-0.1, -0.05) is 0 Å². The van der Waals surface area contributed by atoms with Gasteiger partial charge in [0.2, 0.25) is 0 Å². The number of nitro groups is 1. The van der Waals surface area contributed by atoms with E-state index in [0.29, 0.717) is 17.9 Å². The van der Waals surface area contributed by atoms with Crippen LogP contribution in [0.2, 0.25) is 0 Å². The van der Waals surface area contributed by atoms with Crippen molar-refractivity contribution in [2.24, 2.45) is 0 Å². The van der Waals surface area contributed by atoms with Crippen LogP contribution in [0.5, 0.6) is 0 Å². The van der Waals surface area contributed by atoms with Gasteiger partial charge in [0.1, 0.15) is 5.69 Å². The molecule has 1 N–H and O–H groups in total. The maximum atomic E-state index is 12.6. The number of nitrogens with one attached hydrogen (secondary N) is 1. The van der Waals surface area contributed by atoms with E-state index in [1.807, 2.05) is 11.8 Å². The molecule has 1 aromatic rings. The summed E-state index contributed by atoms with van der Waals surface area (Å²) in [5.74, 6) is 3.04. The van der Waals surface area contributed by atoms with Crippen molar-refractivity contribution >= 4 is 34.9 Å². The highest BCUT2D eigenvalue weighted by atomic mass is 32.2. The molecule has 0 bridgehead atoms. The molecule has 21 heavy (non-hydrogen) atoms. The number of nitrogens with zero attached hydrogens (tertiary/aromatic N) is 1. The summed E-state index contributed by atoms with van der Waals surface area (Å²) < 4.78 is 37.8. The van der Waals surface area contributed by atoms with Crippen LogP contribution in [-0.4, -0.2) is 34.0 Å². The van der Waals surface area contributed by atoms with Crippen molar-refractivity contribution in [1.29, 1.82) is 0 Å². The van der Waals surface area contributed by atoms with Crippen molar-refractivity contribution < 1.29 is 18.1 Å². The summed E-state index contributed by atoms with van der Waals surface area (Å²) in [5.41, 5.74) is -1.43. The minimum atomic E-state index is -4.58. The van der Waals surface area contributed by atoms with Gasteiger partial charge in [-0.2, -0.15) is 36.7 Å². The Kier molecular flexibility index (Phi) is 5.26. The molecule has 1 fully saturated rings. The van der Waals surface area contributed by atoms with Crippen LogP contribution in [-0.2, 0) is 6.18 Å². The Labute approximate surface area is 128 Å². The molecule has 1 heterocycles. The van der Waals surface area contributed by atoms with E-state index in [2.05, 4.69) is 5.32 Å². The van der Waals surface area contributed by atoms with Crippen molar-refractivity contribution in [1.82, 2.24) is 0 Å². The first-order chi connectivity index (χ1) is 9.88. The molecular formula is C12H13F3N2O2S2. The standard InChI is InChI=1S/C12H13F3N2O2S2/c13-12(14,15)8-1-2-10(11(5-8)17(18)19)16-6-9-7-20-3-4-21-9/h1-2,5,9,16H,3-4,6-7H2. The zero-order valence-corrected chi connectivity index (χ0v) is 12.5. The van der Waals surface area contributed by atoms with Gasteiger partial charge < -0.3 is 5.32 Å². The number of rotatable bonds is 4. The maximum Gasteiger partial charge on any atom is 0.416 e. The fraction of sp³-hybridized carbons (Fsp3) is 0.500. The summed E-state index contributed by atoms with van der Waals surface area (Å²) in [6.45, 7) is 0.504. The van der Waals surface area contributed by atoms with Crippen LogP contribution < -0.4 is 5.32 Å². The summed E-state index contributed by atoms with van der Waals surface area (Å²) in [6, 6.07) is 2.56. The molecule has 1 aliphatic heterocycles. The van der Waals surface area contributed by atoms with E-state index >= 15 is 0 Å². The molecule has 4 nitrogen and oxygen atoms in total. The van der Waals surface area contributed by atoms with Crippen molar-refractivity contribution in [3.63, 3.8) is 0 Å². The Morgan fingerprint density at radius 3 is 2.71 bits per heavy atom. The van der Waals surface area contributed by atoms with Crippen molar-refractivity contribution in [2.45, 2.75) is 11.4 Å². The molecule has 1 unspecified atom stereocenters. The lowest BCUT2D eigenvalue weighted by Gasteiger charge is -2.21. The van der Waals surface area contributed by atoms with Crippen molar-refractivity contribution in [2.75, 3.05) is 29.1 Å². The normalized spacial score (nSPS) is 19.3. The van der Waals surface area contributed by atoms with E-state index in [1.165, 1.54) is 0 Å². The Balaban J connectivity index is 2.12. The van der Waals surface area contributed by atoms with Crippen LogP contribution in [0.4, 0.5) is 24.5 Å². The molecule has 1 aliphatic rings. The number of hydrogen-bond acceptors (Lipinski definition) is 5. The highest BCUT2D eigenvalue weighted by Crippen LogP contribution is 2.35. The second-order valence-electron chi connectivity index (χ2n) is 4.44. The molecule has 1 atom stereocenters. The number of thioether (sulfide) groups is 2. The highest BCUT2D eigenvalue weighted by Gasteiger charge is 2.33. The summed E-state index contributed by atoms with van der Waals surface area (Å²) >= 11 is 3.58. The predicted molar refractivity (Wildman–Crippen MR) is 80.2 cm³/mol. The molecule has 0 spiro atoms. The van der Waals surface area contributed by atoms with Crippen molar-refractivity contribution in [3.8, 4) is 0 Å². The van der Waals surface area contributed by atoms with Crippen LogP contribution in [0.15, 0.2) is 18.2 Å². The van der Waals surface area contributed by atoms with Crippen LogP contribution in [0.25, 0.3) is 0 Å². The smallest absolute Gasteiger partial charge is 0.378 e. The quantitative estimate of drug-likeness (QED) is 0.667. The molecule has 0 saturated carbocycles. The topological polar surface area (TPSA) is 55.2 Å². The fourth-order valence-electron chi connectivity index (χ4n) is 1.89. The predicted octanol–water partition coefficient (Wildman–Crippen LogP) is 3.87.